The highest BCUT2D eigenvalue weighted by Crippen LogP contribution is 2.31. The molecule has 15 heavy (non-hydrogen) atoms. The van der Waals surface area contributed by atoms with Crippen LogP contribution < -0.4 is 0 Å². The molecule has 0 heterocycles. The van der Waals surface area contributed by atoms with E-state index in [-0.39, 0.29) is 5.82 Å². The molecule has 0 radical (unpaired) electrons. The number of hydrogen-bond acceptors (Lipinski definition) is 0. The standard InChI is InChI=1S/C13H10ClF/c1-9-5-4-7-11(13(9)14)10-6-2-3-8-12(10)15/h2-8H,1H3. The molecule has 0 saturated heterocycles. The van der Waals surface area contributed by atoms with E-state index < -0.39 is 0 Å². The van der Waals surface area contributed by atoms with Gasteiger partial charge in [0.1, 0.15) is 5.82 Å². The number of benzene rings is 2. The second-order valence-corrected chi connectivity index (χ2v) is 3.79. The number of aryl methyl sites for hydroxylation is 1. The maximum absolute atomic E-state index is 13.5. The minimum atomic E-state index is -0.245. The van der Waals surface area contributed by atoms with E-state index in [0.717, 1.165) is 11.1 Å². The molecule has 0 nitrogen and oxygen atoms in total. The Morgan fingerprint density at radius 1 is 0.933 bits per heavy atom. The van der Waals surface area contributed by atoms with Crippen molar-refractivity contribution in [1.29, 1.82) is 0 Å². The molecule has 2 aromatic carbocycles. The fourth-order valence-corrected chi connectivity index (χ4v) is 1.76. The van der Waals surface area contributed by atoms with Gasteiger partial charge in [0, 0.05) is 11.1 Å². The Kier molecular flexibility index (Phi) is 2.74. The van der Waals surface area contributed by atoms with Gasteiger partial charge in [-0.25, -0.2) is 4.39 Å². The molecule has 0 bridgehead atoms. The van der Waals surface area contributed by atoms with Gasteiger partial charge in [-0.2, -0.15) is 0 Å². The lowest BCUT2D eigenvalue weighted by Crippen LogP contribution is -1.86. The molecule has 0 atom stereocenters. The fraction of sp³-hybridized carbons (Fsp3) is 0.0769. The Labute approximate surface area is 93.3 Å². The van der Waals surface area contributed by atoms with E-state index in [2.05, 4.69) is 0 Å². The number of hydrogen-bond donors (Lipinski definition) is 0. The first-order valence-electron chi connectivity index (χ1n) is 4.70. The fourth-order valence-electron chi connectivity index (χ4n) is 1.54. The molecule has 2 rings (SSSR count). The first-order chi connectivity index (χ1) is 7.20. The highest BCUT2D eigenvalue weighted by Gasteiger charge is 2.08. The molecule has 0 unspecified atom stereocenters. The smallest absolute Gasteiger partial charge is 0.131 e. The van der Waals surface area contributed by atoms with Crippen LogP contribution in [0.3, 0.4) is 0 Å². The molecule has 76 valence electrons. The van der Waals surface area contributed by atoms with Crippen molar-refractivity contribution in [3.8, 4) is 11.1 Å². The lowest BCUT2D eigenvalue weighted by atomic mass is 10.0. The largest absolute Gasteiger partial charge is 0.206 e. The van der Waals surface area contributed by atoms with E-state index in [9.17, 15) is 4.39 Å². The first kappa shape index (κ1) is 10.2. The van der Waals surface area contributed by atoms with Crippen LogP contribution in [0, 0.1) is 12.7 Å². The highest BCUT2D eigenvalue weighted by atomic mass is 35.5. The Hall–Kier alpha value is -1.34. The van der Waals surface area contributed by atoms with Gasteiger partial charge in [0.2, 0.25) is 0 Å². The third-order valence-electron chi connectivity index (χ3n) is 2.36. The normalized spacial score (nSPS) is 10.3. The summed E-state index contributed by atoms with van der Waals surface area (Å²) in [5.41, 5.74) is 2.25. The third kappa shape index (κ3) is 1.88. The molecule has 0 aliphatic rings. The van der Waals surface area contributed by atoms with Gasteiger partial charge in [0.25, 0.3) is 0 Å². The van der Waals surface area contributed by atoms with Crippen LogP contribution >= 0.6 is 11.6 Å². The van der Waals surface area contributed by atoms with Crippen LogP contribution in [-0.2, 0) is 0 Å². The van der Waals surface area contributed by atoms with E-state index >= 15 is 0 Å². The summed E-state index contributed by atoms with van der Waals surface area (Å²) in [7, 11) is 0. The van der Waals surface area contributed by atoms with E-state index in [1.165, 1.54) is 6.07 Å². The minimum absolute atomic E-state index is 0.245. The molecular formula is C13H10ClF. The highest BCUT2D eigenvalue weighted by molar-refractivity contribution is 6.34. The zero-order valence-electron chi connectivity index (χ0n) is 8.30. The van der Waals surface area contributed by atoms with Gasteiger partial charge in [0.15, 0.2) is 0 Å². The van der Waals surface area contributed by atoms with Crippen LogP contribution in [0.1, 0.15) is 5.56 Å². The van der Waals surface area contributed by atoms with Crippen molar-refractivity contribution in [3.63, 3.8) is 0 Å². The second-order valence-electron chi connectivity index (χ2n) is 3.42. The second kappa shape index (κ2) is 4.03. The molecule has 2 heteroatoms. The lowest BCUT2D eigenvalue weighted by molar-refractivity contribution is 0.631. The number of rotatable bonds is 1. The Morgan fingerprint density at radius 2 is 1.60 bits per heavy atom. The van der Waals surface area contributed by atoms with E-state index in [1.54, 1.807) is 18.2 Å². The maximum Gasteiger partial charge on any atom is 0.131 e. The molecule has 0 aromatic heterocycles. The van der Waals surface area contributed by atoms with Crippen molar-refractivity contribution in [2.45, 2.75) is 6.92 Å². The average Bonchev–Trinajstić information content (AvgIpc) is 2.23. The first-order valence-corrected chi connectivity index (χ1v) is 5.08. The van der Waals surface area contributed by atoms with Crippen molar-refractivity contribution in [1.82, 2.24) is 0 Å². The topological polar surface area (TPSA) is 0 Å². The lowest BCUT2D eigenvalue weighted by Gasteiger charge is -2.07. The summed E-state index contributed by atoms with van der Waals surface area (Å²) >= 11 is 6.13. The van der Waals surface area contributed by atoms with E-state index in [0.29, 0.717) is 10.6 Å². The SMILES string of the molecule is Cc1cccc(-c2ccccc2F)c1Cl. The van der Waals surface area contributed by atoms with Crippen molar-refractivity contribution >= 4 is 11.6 Å². The van der Waals surface area contributed by atoms with Gasteiger partial charge in [-0.3, -0.25) is 0 Å². The van der Waals surface area contributed by atoms with Gasteiger partial charge in [-0.05, 0) is 18.6 Å². The van der Waals surface area contributed by atoms with Gasteiger partial charge in [0.05, 0.1) is 5.02 Å². The number of halogens is 2. The van der Waals surface area contributed by atoms with E-state index in [4.69, 9.17) is 11.6 Å². The van der Waals surface area contributed by atoms with E-state index in [1.807, 2.05) is 25.1 Å². The zero-order valence-corrected chi connectivity index (χ0v) is 9.05. The van der Waals surface area contributed by atoms with Gasteiger partial charge >= 0.3 is 0 Å². The minimum Gasteiger partial charge on any atom is -0.206 e. The predicted molar refractivity (Wildman–Crippen MR) is 61.6 cm³/mol. The average molecular weight is 221 g/mol. The van der Waals surface area contributed by atoms with Crippen LogP contribution in [0.25, 0.3) is 11.1 Å². The van der Waals surface area contributed by atoms with Gasteiger partial charge in [-0.15, -0.1) is 0 Å². The molecule has 0 fully saturated rings. The van der Waals surface area contributed by atoms with Gasteiger partial charge in [-0.1, -0.05) is 48.0 Å². The Balaban J connectivity index is 2.65. The van der Waals surface area contributed by atoms with Crippen LogP contribution in [0.5, 0.6) is 0 Å². The molecule has 0 aliphatic heterocycles. The van der Waals surface area contributed by atoms with Gasteiger partial charge < -0.3 is 0 Å². The van der Waals surface area contributed by atoms with Crippen molar-refractivity contribution < 1.29 is 4.39 Å². The predicted octanol–water partition coefficient (Wildman–Crippen LogP) is 4.45. The van der Waals surface area contributed by atoms with Crippen LogP contribution in [-0.4, -0.2) is 0 Å². The molecule has 2 aromatic rings. The quantitative estimate of drug-likeness (QED) is 0.666. The Bertz CT molecular complexity index is 492. The molecule has 0 saturated carbocycles. The summed E-state index contributed by atoms with van der Waals surface area (Å²) in [6, 6.07) is 12.3. The molecular weight excluding hydrogens is 211 g/mol. The maximum atomic E-state index is 13.5. The summed E-state index contributed by atoms with van der Waals surface area (Å²) in [6.07, 6.45) is 0. The van der Waals surface area contributed by atoms with Crippen LogP contribution in [0.15, 0.2) is 42.5 Å². The molecule has 0 aliphatic carbocycles. The summed E-state index contributed by atoms with van der Waals surface area (Å²) in [5, 5.41) is 0.614. The third-order valence-corrected chi connectivity index (χ3v) is 2.86. The summed E-state index contributed by atoms with van der Waals surface area (Å²) in [5.74, 6) is -0.245. The summed E-state index contributed by atoms with van der Waals surface area (Å²) in [6.45, 7) is 1.91. The zero-order chi connectivity index (χ0) is 10.8. The van der Waals surface area contributed by atoms with Crippen molar-refractivity contribution in [2.75, 3.05) is 0 Å². The van der Waals surface area contributed by atoms with Crippen LogP contribution in [0.4, 0.5) is 4.39 Å². The molecule has 0 amide bonds. The van der Waals surface area contributed by atoms with Crippen LogP contribution in [0.2, 0.25) is 5.02 Å². The molecule has 0 N–H and O–H groups in total. The summed E-state index contributed by atoms with van der Waals surface area (Å²) in [4.78, 5) is 0. The van der Waals surface area contributed by atoms with Crippen molar-refractivity contribution in [3.05, 3.63) is 58.9 Å². The Morgan fingerprint density at radius 3 is 2.33 bits per heavy atom. The monoisotopic (exact) mass is 220 g/mol. The van der Waals surface area contributed by atoms with Crippen molar-refractivity contribution in [2.24, 2.45) is 0 Å². The molecule has 0 spiro atoms. The summed E-state index contributed by atoms with van der Waals surface area (Å²) < 4.78 is 13.5.